The van der Waals surface area contributed by atoms with Crippen LogP contribution in [0.25, 0.3) is 0 Å². The maximum Gasteiger partial charge on any atom is 0.0909 e. The highest BCUT2D eigenvalue weighted by molar-refractivity contribution is 8.04. The second-order valence-corrected chi connectivity index (χ2v) is 8.64. The Kier molecular flexibility index (Phi) is 7.95. The minimum absolute atomic E-state index is 0.545. The molecule has 0 spiro atoms. The lowest BCUT2D eigenvalue weighted by molar-refractivity contribution is 0.665. The summed E-state index contributed by atoms with van der Waals surface area (Å²) in [4.78, 5) is 1.84. The van der Waals surface area contributed by atoms with Crippen molar-refractivity contribution in [1.29, 1.82) is 0 Å². The third kappa shape index (κ3) is 5.99. The summed E-state index contributed by atoms with van der Waals surface area (Å²) in [6.45, 7) is 0. The fraction of sp³-hybridized carbons (Fsp3) is 0.300. The van der Waals surface area contributed by atoms with Crippen LogP contribution in [0.15, 0.2) is 60.7 Å². The largest absolute Gasteiger partial charge is 0.156 e. The van der Waals surface area contributed by atoms with E-state index in [4.69, 9.17) is 49.7 Å². The van der Waals surface area contributed by atoms with E-state index in [9.17, 15) is 0 Å². The van der Waals surface area contributed by atoms with E-state index >= 15 is 0 Å². The highest BCUT2D eigenvalue weighted by atomic mass is 32.2. The van der Waals surface area contributed by atoms with Crippen LogP contribution in [0.4, 0.5) is 0 Å². The molecule has 0 bridgehead atoms. The monoisotopic (exact) mass is 390 g/mol. The van der Waals surface area contributed by atoms with E-state index in [2.05, 4.69) is 12.1 Å². The molecule has 0 aliphatic rings. The molecule has 4 heteroatoms. The predicted molar refractivity (Wildman–Crippen MR) is 120 cm³/mol. The lowest BCUT2D eigenvalue weighted by atomic mass is 10.0. The Balaban J connectivity index is 1.73. The van der Waals surface area contributed by atoms with E-state index in [1.165, 1.54) is 0 Å². The van der Waals surface area contributed by atoms with Crippen molar-refractivity contribution in [1.82, 2.24) is 0 Å². The third-order valence-electron chi connectivity index (χ3n) is 3.92. The van der Waals surface area contributed by atoms with Gasteiger partial charge in [-0.15, -0.1) is 0 Å². The second-order valence-electron chi connectivity index (χ2n) is 5.86. The Morgan fingerprint density at radius 3 is 1.88 bits per heavy atom. The molecule has 0 aromatic heterocycles. The van der Waals surface area contributed by atoms with Crippen LogP contribution in [-0.2, 0) is 0 Å². The van der Waals surface area contributed by atoms with E-state index in [1.807, 2.05) is 48.5 Å². The third-order valence-corrected chi connectivity index (χ3v) is 6.15. The van der Waals surface area contributed by atoms with Gasteiger partial charge in [-0.05, 0) is 30.4 Å². The topological polar surface area (TPSA) is 0 Å². The minimum atomic E-state index is -0.545. The van der Waals surface area contributed by atoms with Crippen LogP contribution in [0.2, 0.25) is 0 Å². The summed E-state index contributed by atoms with van der Waals surface area (Å²) in [6, 6.07) is 20.2. The van der Waals surface area contributed by atoms with Crippen LogP contribution in [-0.4, -0.2) is 13.8 Å². The van der Waals surface area contributed by atoms with E-state index in [-0.39, 0.29) is 0 Å². The first-order valence-corrected chi connectivity index (χ1v) is 9.84. The number of unbranched alkanes of at least 4 members (excludes halogenated alkanes) is 2. The van der Waals surface area contributed by atoms with Crippen LogP contribution in [0.1, 0.15) is 43.2 Å². The molecule has 0 nitrogen and oxygen atoms in total. The van der Waals surface area contributed by atoms with Gasteiger partial charge in [0, 0.05) is 9.73 Å². The van der Waals surface area contributed by atoms with Crippen molar-refractivity contribution < 1.29 is 0 Å². The molecule has 0 N–H and O–H groups in total. The zero-order valence-electron chi connectivity index (χ0n) is 13.5. The minimum Gasteiger partial charge on any atom is -0.156 e. The number of benzene rings is 2. The van der Waals surface area contributed by atoms with Crippen molar-refractivity contribution in [3.63, 3.8) is 0 Å². The molecule has 2 rings (SSSR count). The quantitative estimate of drug-likeness (QED) is 0.169. The van der Waals surface area contributed by atoms with E-state index in [0.717, 1.165) is 53.0 Å². The van der Waals surface area contributed by atoms with Crippen LogP contribution >= 0.6 is 49.7 Å². The summed E-state index contributed by atoms with van der Waals surface area (Å²) < 4.78 is -0.545. The second kappa shape index (κ2) is 9.71. The number of rotatable bonds is 9. The Morgan fingerprint density at radius 2 is 1.29 bits per heavy atom. The summed E-state index contributed by atoms with van der Waals surface area (Å²) in [7, 11) is 0. The number of thiocarbonyl (C=S) groups is 2. The fourth-order valence-corrected chi connectivity index (χ4v) is 3.63. The normalized spacial score (nSPS) is 11.2. The highest BCUT2D eigenvalue weighted by Crippen LogP contribution is 2.32. The van der Waals surface area contributed by atoms with Gasteiger partial charge < -0.3 is 0 Å². The zero-order valence-corrected chi connectivity index (χ0v) is 16.9. The first-order chi connectivity index (χ1) is 11.5. The number of hydrogen-bond donors (Lipinski definition) is 2. The van der Waals surface area contributed by atoms with Gasteiger partial charge in [-0.25, -0.2) is 0 Å². The molecule has 0 aliphatic carbocycles. The molecule has 0 aliphatic heterocycles. The molecule has 2 aromatic carbocycles. The van der Waals surface area contributed by atoms with Crippen molar-refractivity contribution in [2.24, 2.45) is 0 Å². The number of thiol groups is 2. The zero-order chi connectivity index (χ0) is 17.4. The molecule has 24 heavy (non-hydrogen) atoms. The van der Waals surface area contributed by atoms with Gasteiger partial charge >= 0.3 is 0 Å². The van der Waals surface area contributed by atoms with Gasteiger partial charge in [-0.3, -0.25) is 0 Å². The van der Waals surface area contributed by atoms with E-state index in [0.29, 0.717) is 0 Å². The molecule has 0 amide bonds. The predicted octanol–water partition coefficient (Wildman–Crippen LogP) is 6.33. The summed E-state index contributed by atoms with van der Waals surface area (Å²) >= 11 is 20.4. The van der Waals surface area contributed by atoms with Crippen molar-refractivity contribution >= 4 is 59.4 Å². The smallest absolute Gasteiger partial charge is 0.0909 e. The molecule has 0 heterocycles. The lowest BCUT2D eigenvalue weighted by Gasteiger charge is -2.24. The molecule has 0 unspecified atom stereocenters. The van der Waals surface area contributed by atoms with Crippen molar-refractivity contribution in [2.75, 3.05) is 0 Å². The Hall–Kier alpha value is -0.680. The summed E-state index contributed by atoms with van der Waals surface area (Å²) in [6.07, 6.45) is 5.04. The van der Waals surface area contributed by atoms with Gasteiger partial charge in [-0.1, -0.05) is 97.9 Å². The van der Waals surface area contributed by atoms with Crippen molar-refractivity contribution in [3.8, 4) is 0 Å². The fourth-order valence-electron chi connectivity index (χ4n) is 2.54. The standard InChI is InChI=1S/C20H22S4/c21-18(16-10-4-1-5-11-16)14-8-3-9-15-20(23,24)19(22)17-12-6-2-7-13-17/h1-2,4-7,10-13,23-24H,3,8-9,14-15H2. The summed E-state index contributed by atoms with van der Waals surface area (Å²) in [5.74, 6) is 0. The molecular weight excluding hydrogens is 368 g/mol. The molecular formula is C20H22S4. The van der Waals surface area contributed by atoms with Gasteiger partial charge in [-0.2, -0.15) is 25.3 Å². The van der Waals surface area contributed by atoms with Gasteiger partial charge in [0.1, 0.15) is 0 Å². The van der Waals surface area contributed by atoms with Gasteiger partial charge in [0.2, 0.25) is 0 Å². The van der Waals surface area contributed by atoms with Crippen LogP contribution < -0.4 is 0 Å². The van der Waals surface area contributed by atoms with Crippen molar-refractivity contribution in [3.05, 3.63) is 71.8 Å². The Labute approximate surface area is 166 Å². The first-order valence-electron chi connectivity index (χ1n) is 8.13. The maximum absolute atomic E-state index is 5.57. The van der Waals surface area contributed by atoms with Gasteiger partial charge in [0.15, 0.2) is 0 Å². The van der Waals surface area contributed by atoms with Gasteiger partial charge in [0.05, 0.1) is 4.08 Å². The molecule has 0 radical (unpaired) electrons. The average molecular weight is 391 g/mol. The summed E-state index contributed by atoms with van der Waals surface area (Å²) in [5, 5.41) is 0. The molecule has 0 fully saturated rings. The average Bonchev–Trinajstić information content (AvgIpc) is 2.62. The number of hydrogen-bond acceptors (Lipinski definition) is 4. The molecule has 0 saturated heterocycles. The van der Waals surface area contributed by atoms with Crippen LogP contribution in [0.3, 0.4) is 0 Å². The molecule has 2 aromatic rings. The first kappa shape index (κ1) is 19.6. The van der Waals surface area contributed by atoms with Gasteiger partial charge in [0.25, 0.3) is 0 Å². The van der Waals surface area contributed by atoms with E-state index < -0.39 is 4.08 Å². The van der Waals surface area contributed by atoms with Crippen LogP contribution in [0, 0.1) is 0 Å². The van der Waals surface area contributed by atoms with Crippen LogP contribution in [0.5, 0.6) is 0 Å². The summed E-state index contributed by atoms with van der Waals surface area (Å²) in [5.41, 5.74) is 2.19. The molecule has 0 atom stereocenters. The molecule has 126 valence electrons. The van der Waals surface area contributed by atoms with E-state index in [1.54, 1.807) is 0 Å². The maximum atomic E-state index is 5.57. The Bertz CT molecular complexity index is 663. The highest BCUT2D eigenvalue weighted by Gasteiger charge is 2.26. The Morgan fingerprint density at radius 1 is 0.750 bits per heavy atom. The SMILES string of the molecule is S=C(CCCCCC(S)(S)C(=S)c1ccccc1)c1ccccc1. The van der Waals surface area contributed by atoms with Crippen molar-refractivity contribution in [2.45, 2.75) is 36.2 Å². The lowest BCUT2D eigenvalue weighted by Crippen LogP contribution is -2.25. The molecule has 0 saturated carbocycles.